The van der Waals surface area contributed by atoms with E-state index in [0.717, 1.165) is 19.3 Å². The van der Waals surface area contributed by atoms with Gasteiger partial charge in [-0.1, -0.05) is 39.0 Å². The Hall–Kier alpha value is -0.600. The lowest BCUT2D eigenvalue weighted by molar-refractivity contribution is -0.332. The van der Waals surface area contributed by atoms with E-state index in [1.165, 1.54) is 19.3 Å². The fourth-order valence-electron chi connectivity index (χ4n) is 5.57. The van der Waals surface area contributed by atoms with Crippen LogP contribution in [-0.2, 0) is 23.7 Å². The van der Waals surface area contributed by atoms with Gasteiger partial charge in [0.05, 0.1) is 12.6 Å². The van der Waals surface area contributed by atoms with E-state index in [9.17, 15) is 30.6 Å². The van der Waals surface area contributed by atoms with E-state index >= 15 is 0 Å². The number of unbranched alkanes of at least 4 members (excludes halogenated alkanes) is 5. The minimum Gasteiger partial charge on any atom is -0.388 e. The van der Waals surface area contributed by atoms with Crippen molar-refractivity contribution in [2.75, 3.05) is 19.8 Å². The van der Waals surface area contributed by atoms with Crippen LogP contribution in [-0.4, -0.2) is 142 Å². The Morgan fingerprint density at radius 3 is 1.85 bits per heavy atom. The molecule has 3 aliphatic rings. The second-order valence-electron chi connectivity index (χ2n) is 11.4. The minimum absolute atomic E-state index is 0.0386. The normalized spacial score (nSPS) is 45.6. The summed E-state index contributed by atoms with van der Waals surface area (Å²) in [5, 5.41) is 63.1. The molecular formula is C26H52N4O11. The average Bonchev–Trinajstić information content (AvgIpc) is 2.95. The van der Waals surface area contributed by atoms with E-state index in [4.69, 9.17) is 46.6 Å². The molecule has 0 aromatic carbocycles. The van der Waals surface area contributed by atoms with Crippen molar-refractivity contribution in [1.82, 2.24) is 0 Å². The number of hydrogen-bond donors (Lipinski definition) is 10. The van der Waals surface area contributed by atoms with Crippen LogP contribution in [0.5, 0.6) is 0 Å². The summed E-state index contributed by atoms with van der Waals surface area (Å²) in [6.07, 6.45) is -9.18. The van der Waals surface area contributed by atoms with Gasteiger partial charge in [-0.2, -0.15) is 0 Å². The topological polar surface area (TPSA) is 272 Å². The van der Waals surface area contributed by atoms with E-state index < -0.39 is 91.7 Å². The lowest BCUT2D eigenvalue weighted by Crippen LogP contribution is -2.68. The number of hydrogen-bond acceptors (Lipinski definition) is 15. The Morgan fingerprint density at radius 1 is 0.659 bits per heavy atom. The molecule has 242 valence electrons. The highest BCUT2D eigenvalue weighted by Gasteiger charge is 2.51. The molecule has 15 atom stereocenters. The summed E-state index contributed by atoms with van der Waals surface area (Å²) in [5.74, 6) is 0. The molecule has 15 nitrogen and oxygen atoms in total. The first-order valence-corrected chi connectivity index (χ1v) is 14.8. The van der Waals surface area contributed by atoms with Gasteiger partial charge in [0.15, 0.2) is 12.6 Å². The Balaban J connectivity index is 1.59. The van der Waals surface area contributed by atoms with Crippen molar-refractivity contribution >= 4 is 0 Å². The molecule has 0 bridgehead atoms. The number of rotatable bonds is 14. The monoisotopic (exact) mass is 596 g/mol. The summed E-state index contributed by atoms with van der Waals surface area (Å²) in [4.78, 5) is 0. The summed E-state index contributed by atoms with van der Waals surface area (Å²) in [6, 6.07) is -2.77. The van der Waals surface area contributed by atoms with Crippen LogP contribution < -0.4 is 22.9 Å². The molecule has 2 aliphatic heterocycles. The lowest BCUT2D eigenvalue weighted by Gasteiger charge is -2.48. The molecule has 0 amide bonds. The van der Waals surface area contributed by atoms with E-state index in [1.807, 2.05) is 0 Å². The quantitative estimate of drug-likeness (QED) is 0.0858. The maximum Gasteiger partial charge on any atom is 0.187 e. The molecule has 0 radical (unpaired) electrons. The number of aliphatic hydroxyl groups is 6. The predicted molar refractivity (Wildman–Crippen MR) is 145 cm³/mol. The maximum atomic E-state index is 11.2. The van der Waals surface area contributed by atoms with Gasteiger partial charge in [-0.3, -0.25) is 0 Å². The molecule has 1 saturated carbocycles. The summed E-state index contributed by atoms with van der Waals surface area (Å²) in [7, 11) is 0. The van der Waals surface area contributed by atoms with Crippen LogP contribution in [0.2, 0.25) is 0 Å². The molecule has 3 fully saturated rings. The van der Waals surface area contributed by atoms with Crippen molar-refractivity contribution in [1.29, 1.82) is 0 Å². The standard InChI is InChI=1S/C26H52N4O11/c1-2-3-4-5-6-7-8-37-11-15-18(32)20(34)21(35)26(39-15)41-24-13(29)9-12(28)23(22(24)36)40-25-16(30)19(33)17(31)14(10-27)38-25/h12-26,31-36H,2-11,27-30H2,1H3/t12-,13+,14-,15-,16-,17-,18-,19-,20+,21-,22-,23+,24-,25-,26-/m0/s1. The van der Waals surface area contributed by atoms with E-state index in [1.54, 1.807) is 0 Å². The van der Waals surface area contributed by atoms with Gasteiger partial charge in [-0.25, -0.2) is 0 Å². The molecule has 0 spiro atoms. The van der Waals surface area contributed by atoms with Gasteiger partial charge in [0.2, 0.25) is 0 Å². The Morgan fingerprint density at radius 2 is 1.22 bits per heavy atom. The highest BCUT2D eigenvalue weighted by molar-refractivity contribution is 5.01. The zero-order chi connectivity index (χ0) is 30.3. The molecule has 0 aromatic heterocycles. The number of nitrogens with two attached hydrogens (primary N) is 4. The average molecular weight is 597 g/mol. The SMILES string of the molecule is CCCCCCCCOC[C@@H]1O[C@@H](O[C@@H]2[C@@H](O)[C@H](O[C@@H]3O[C@@H](CN)[C@H](O)[C@@H](O)[C@@H]3N)[C@@H](N)C[C@H]2N)[C@@H](O)[C@H](O)[C@H]1O. The van der Waals surface area contributed by atoms with Crippen molar-refractivity contribution in [3.63, 3.8) is 0 Å². The summed E-state index contributed by atoms with van der Waals surface area (Å²) in [6.45, 7) is 2.45. The van der Waals surface area contributed by atoms with Crippen molar-refractivity contribution in [2.24, 2.45) is 22.9 Å². The molecule has 0 aromatic rings. The molecule has 1 aliphatic carbocycles. The maximum absolute atomic E-state index is 11.2. The van der Waals surface area contributed by atoms with Crippen molar-refractivity contribution in [3.05, 3.63) is 0 Å². The van der Waals surface area contributed by atoms with Crippen molar-refractivity contribution < 1.29 is 54.3 Å². The largest absolute Gasteiger partial charge is 0.388 e. The Labute approximate surface area is 241 Å². The molecule has 3 rings (SSSR count). The molecule has 2 saturated heterocycles. The van der Waals surface area contributed by atoms with Gasteiger partial charge in [0.1, 0.15) is 61.0 Å². The summed E-state index contributed by atoms with van der Waals surface area (Å²) < 4.78 is 28.8. The van der Waals surface area contributed by atoms with Gasteiger partial charge in [-0.15, -0.1) is 0 Å². The van der Waals surface area contributed by atoms with Gasteiger partial charge >= 0.3 is 0 Å². The highest BCUT2D eigenvalue weighted by Crippen LogP contribution is 2.31. The third-order valence-corrected chi connectivity index (χ3v) is 8.22. The zero-order valence-corrected chi connectivity index (χ0v) is 23.8. The summed E-state index contributed by atoms with van der Waals surface area (Å²) in [5.41, 5.74) is 24.1. The van der Waals surface area contributed by atoms with Crippen LogP contribution >= 0.6 is 0 Å². The van der Waals surface area contributed by atoms with E-state index in [0.29, 0.717) is 6.61 Å². The van der Waals surface area contributed by atoms with E-state index in [-0.39, 0.29) is 19.6 Å². The first-order valence-electron chi connectivity index (χ1n) is 14.8. The number of ether oxygens (including phenoxy) is 5. The second-order valence-corrected chi connectivity index (χ2v) is 11.4. The molecule has 15 heteroatoms. The molecular weight excluding hydrogens is 544 g/mol. The first kappa shape index (κ1) is 34.9. The van der Waals surface area contributed by atoms with Gasteiger partial charge in [-0.05, 0) is 12.8 Å². The minimum atomic E-state index is -1.65. The smallest absolute Gasteiger partial charge is 0.187 e. The second kappa shape index (κ2) is 16.5. The van der Waals surface area contributed by atoms with Crippen LogP contribution in [0.1, 0.15) is 51.9 Å². The molecule has 41 heavy (non-hydrogen) atoms. The third kappa shape index (κ3) is 8.74. The van der Waals surface area contributed by atoms with Gasteiger partial charge in [0.25, 0.3) is 0 Å². The van der Waals surface area contributed by atoms with Crippen LogP contribution in [0.15, 0.2) is 0 Å². The Kier molecular flexibility index (Phi) is 14.0. The Bertz CT molecular complexity index is 758. The van der Waals surface area contributed by atoms with Crippen LogP contribution in [0.4, 0.5) is 0 Å². The zero-order valence-electron chi connectivity index (χ0n) is 23.8. The van der Waals surface area contributed by atoms with Gasteiger partial charge < -0.3 is 77.3 Å². The molecule has 0 unspecified atom stereocenters. The van der Waals surface area contributed by atoms with Gasteiger partial charge in [0, 0.05) is 25.2 Å². The van der Waals surface area contributed by atoms with Crippen molar-refractivity contribution in [3.8, 4) is 0 Å². The van der Waals surface area contributed by atoms with Crippen LogP contribution in [0.3, 0.4) is 0 Å². The fraction of sp³-hybridized carbons (Fsp3) is 1.00. The third-order valence-electron chi connectivity index (χ3n) is 8.22. The number of aliphatic hydroxyl groups excluding tert-OH is 6. The molecule has 2 heterocycles. The predicted octanol–water partition coefficient (Wildman–Crippen LogP) is -3.91. The first-order chi connectivity index (χ1) is 19.5. The van der Waals surface area contributed by atoms with Crippen molar-refractivity contribution in [2.45, 2.75) is 144 Å². The van der Waals surface area contributed by atoms with Crippen LogP contribution in [0, 0.1) is 0 Å². The van der Waals surface area contributed by atoms with Crippen LogP contribution in [0.25, 0.3) is 0 Å². The fourth-order valence-corrected chi connectivity index (χ4v) is 5.57. The van der Waals surface area contributed by atoms with E-state index in [2.05, 4.69) is 6.92 Å². The summed E-state index contributed by atoms with van der Waals surface area (Å²) >= 11 is 0. The molecule has 14 N–H and O–H groups in total. The lowest BCUT2D eigenvalue weighted by atomic mass is 9.84. The highest BCUT2D eigenvalue weighted by atomic mass is 16.7.